The van der Waals surface area contributed by atoms with Crippen LogP contribution in [0.3, 0.4) is 0 Å². The van der Waals surface area contributed by atoms with E-state index in [1.54, 1.807) is 11.3 Å². The maximum Gasteiger partial charge on any atom is 0.231 e. The summed E-state index contributed by atoms with van der Waals surface area (Å²) in [5.41, 5.74) is 3.31. The molecule has 3 rings (SSSR count). The number of anilines is 1. The second kappa shape index (κ2) is 7.47. The molecule has 0 N–H and O–H groups in total. The highest BCUT2D eigenvalue weighted by Crippen LogP contribution is 2.33. The van der Waals surface area contributed by atoms with Gasteiger partial charge in [-0.1, -0.05) is 36.8 Å². The van der Waals surface area contributed by atoms with Gasteiger partial charge in [0.05, 0.1) is 5.69 Å². The molecule has 1 aliphatic carbocycles. The van der Waals surface area contributed by atoms with Gasteiger partial charge in [-0.2, -0.15) is 0 Å². The summed E-state index contributed by atoms with van der Waals surface area (Å²) in [4.78, 5) is 19.5. The molecule has 0 atom stereocenters. The molecule has 1 saturated carbocycles. The molecule has 24 heavy (non-hydrogen) atoms. The highest BCUT2D eigenvalue weighted by atomic mass is 32.1. The van der Waals surface area contributed by atoms with Crippen LogP contribution in [0.5, 0.6) is 0 Å². The number of nitrogens with zero attached hydrogens (tertiary/aromatic N) is 2. The molecule has 3 nitrogen and oxygen atoms in total. The minimum atomic E-state index is 0.174. The molecule has 0 bridgehead atoms. The van der Waals surface area contributed by atoms with Crippen molar-refractivity contribution in [3.63, 3.8) is 0 Å². The lowest BCUT2D eigenvalue weighted by atomic mass is 9.82. The lowest BCUT2D eigenvalue weighted by molar-refractivity contribution is -0.123. The number of carbonyl (C=O) groups is 1. The smallest absolute Gasteiger partial charge is 0.231 e. The Kier molecular flexibility index (Phi) is 5.34. The van der Waals surface area contributed by atoms with Crippen molar-refractivity contribution in [2.24, 2.45) is 11.8 Å². The van der Waals surface area contributed by atoms with Crippen molar-refractivity contribution in [1.82, 2.24) is 4.98 Å². The molecule has 0 aliphatic heterocycles. The predicted octanol–water partition coefficient (Wildman–Crippen LogP) is 5.30. The van der Waals surface area contributed by atoms with E-state index in [2.05, 4.69) is 43.5 Å². The minimum Gasteiger partial charge on any atom is -0.288 e. The molecule has 1 aromatic heterocycles. The van der Waals surface area contributed by atoms with Crippen molar-refractivity contribution in [3.8, 4) is 11.3 Å². The van der Waals surface area contributed by atoms with Gasteiger partial charge >= 0.3 is 0 Å². The molecule has 0 radical (unpaired) electrons. The maximum absolute atomic E-state index is 12.9. The fraction of sp³-hybridized carbons (Fsp3) is 0.500. The van der Waals surface area contributed by atoms with Crippen molar-refractivity contribution in [2.45, 2.75) is 46.5 Å². The first-order valence-electron chi connectivity index (χ1n) is 8.92. The number of rotatable bonds is 4. The number of aromatic nitrogens is 1. The zero-order valence-corrected chi connectivity index (χ0v) is 15.6. The highest BCUT2D eigenvalue weighted by Gasteiger charge is 2.29. The monoisotopic (exact) mass is 342 g/mol. The number of thiazole rings is 1. The first-order chi connectivity index (χ1) is 11.6. The molecular formula is C20H26N2OS. The summed E-state index contributed by atoms with van der Waals surface area (Å²) in [6, 6.07) is 8.38. The van der Waals surface area contributed by atoms with Crippen molar-refractivity contribution >= 4 is 22.4 Å². The van der Waals surface area contributed by atoms with Gasteiger partial charge in [-0.25, -0.2) is 4.98 Å². The second-order valence-electron chi connectivity index (χ2n) is 6.92. The van der Waals surface area contributed by atoms with E-state index in [1.165, 1.54) is 18.4 Å². The normalized spacial score (nSPS) is 20.8. The Morgan fingerprint density at radius 2 is 1.88 bits per heavy atom. The summed E-state index contributed by atoms with van der Waals surface area (Å²) < 4.78 is 0. The molecule has 0 spiro atoms. The molecule has 1 fully saturated rings. The largest absolute Gasteiger partial charge is 0.288 e. The van der Waals surface area contributed by atoms with E-state index in [9.17, 15) is 4.79 Å². The SMILES string of the molecule is CCN(C(=O)C1CCC(C)CC1)c1nc(-c2ccc(C)cc2)cs1. The predicted molar refractivity (Wildman–Crippen MR) is 101 cm³/mol. The van der Waals surface area contributed by atoms with E-state index in [-0.39, 0.29) is 11.8 Å². The molecule has 1 heterocycles. The third-order valence-electron chi connectivity index (χ3n) is 5.02. The van der Waals surface area contributed by atoms with Gasteiger partial charge in [0, 0.05) is 23.4 Å². The van der Waals surface area contributed by atoms with Gasteiger partial charge in [-0.05, 0) is 45.4 Å². The Morgan fingerprint density at radius 1 is 1.21 bits per heavy atom. The first kappa shape index (κ1) is 17.2. The van der Waals surface area contributed by atoms with Crippen LogP contribution in [-0.4, -0.2) is 17.4 Å². The number of amides is 1. The molecule has 0 unspecified atom stereocenters. The average Bonchev–Trinajstić information content (AvgIpc) is 3.06. The van der Waals surface area contributed by atoms with Gasteiger partial charge in [0.2, 0.25) is 5.91 Å². The lowest BCUT2D eigenvalue weighted by Gasteiger charge is -2.29. The fourth-order valence-corrected chi connectivity index (χ4v) is 4.26. The van der Waals surface area contributed by atoms with Crippen LogP contribution in [0.15, 0.2) is 29.6 Å². The molecule has 128 valence electrons. The summed E-state index contributed by atoms with van der Waals surface area (Å²) >= 11 is 1.57. The Hall–Kier alpha value is -1.68. The van der Waals surface area contributed by atoms with Crippen molar-refractivity contribution in [3.05, 3.63) is 35.2 Å². The number of hydrogen-bond donors (Lipinski definition) is 0. The van der Waals surface area contributed by atoms with Crippen LogP contribution in [0.25, 0.3) is 11.3 Å². The van der Waals surface area contributed by atoms with E-state index in [4.69, 9.17) is 4.98 Å². The van der Waals surface area contributed by atoms with E-state index in [0.717, 1.165) is 35.1 Å². The molecule has 4 heteroatoms. The van der Waals surface area contributed by atoms with Crippen LogP contribution in [-0.2, 0) is 4.79 Å². The molecule has 0 saturated heterocycles. The topological polar surface area (TPSA) is 33.2 Å². The standard InChI is InChI=1S/C20H26N2OS/c1-4-22(19(23)17-11-7-15(3)8-12-17)20-21-18(13-24-20)16-9-5-14(2)6-10-16/h5-6,9-10,13,15,17H,4,7-8,11-12H2,1-3H3. The van der Waals surface area contributed by atoms with Crippen molar-refractivity contribution in [1.29, 1.82) is 0 Å². The van der Waals surface area contributed by atoms with Crippen molar-refractivity contribution in [2.75, 3.05) is 11.4 Å². The molecule has 2 aromatic rings. The Morgan fingerprint density at radius 3 is 2.50 bits per heavy atom. The van der Waals surface area contributed by atoms with Crippen LogP contribution in [0, 0.1) is 18.8 Å². The van der Waals surface area contributed by atoms with Gasteiger partial charge in [0.15, 0.2) is 5.13 Å². The minimum absolute atomic E-state index is 0.174. The number of carbonyl (C=O) groups excluding carboxylic acids is 1. The van der Waals surface area contributed by atoms with Crippen LogP contribution in [0.1, 0.15) is 45.1 Å². The maximum atomic E-state index is 12.9. The molecule has 1 aliphatic rings. The number of hydrogen-bond acceptors (Lipinski definition) is 3. The van der Waals surface area contributed by atoms with E-state index in [1.807, 2.05) is 11.8 Å². The van der Waals surface area contributed by atoms with Crippen LogP contribution < -0.4 is 4.90 Å². The number of aryl methyl sites for hydroxylation is 1. The molecule has 1 aromatic carbocycles. The first-order valence-corrected chi connectivity index (χ1v) is 9.80. The van der Waals surface area contributed by atoms with E-state index >= 15 is 0 Å². The third kappa shape index (κ3) is 3.69. The van der Waals surface area contributed by atoms with Crippen LogP contribution in [0.2, 0.25) is 0 Å². The van der Waals surface area contributed by atoms with Crippen LogP contribution >= 0.6 is 11.3 Å². The van der Waals surface area contributed by atoms with Gasteiger partial charge in [-0.15, -0.1) is 11.3 Å². The van der Waals surface area contributed by atoms with E-state index in [0.29, 0.717) is 6.54 Å². The Balaban J connectivity index is 1.76. The second-order valence-corrected chi connectivity index (χ2v) is 7.76. The zero-order valence-electron chi connectivity index (χ0n) is 14.8. The van der Waals surface area contributed by atoms with Gasteiger partial charge < -0.3 is 0 Å². The summed E-state index contributed by atoms with van der Waals surface area (Å²) in [5.74, 6) is 1.19. The highest BCUT2D eigenvalue weighted by molar-refractivity contribution is 7.14. The van der Waals surface area contributed by atoms with E-state index < -0.39 is 0 Å². The Labute approximate surface area is 148 Å². The fourth-order valence-electron chi connectivity index (χ4n) is 3.36. The summed E-state index contributed by atoms with van der Waals surface area (Å²) in [6.45, 7) is 7.09. The summed E-state index contributed by atoms with van der Waals surface area (Å²) in [6.07, 6.45) is 4.38. The van der Waals surface area contributed by atoms with Gasteiger partial charge in [0.1, 0.15) is 0 Å². The third-order valence-corrected chi connectivity index (χ3v) is 5.88. The number of benzene rings is 1. The van der Waals surface area contributed by atoms with Crippen molar-refractivity contribution < 1.29 is 4.79 Å². The molecule has 1 amide bonds. The lowest BCUT2D eigenvalue weighted by Crippen LogP contribution is -2.37. The van der Waals surface area contributed by atoms with Gasteiger partial charge in [-0.3, -0.25) is 9.69 Å². The Bertz CT molecular complexity index is 684. The van der Waals surface area contributed by atoms with Crippen LogP contribution in [0.4, 0.5) is 5.13 Å². The van der Waals surface area contributed by atoms with Gasteiger partial charge in [0.25, 0.3) is 0 Å². The molecular weight excluding hydrogens is 316 g/mol. The summed E-state index contributed by atoms with van der Waals surface area (Å²) in [7, 11) is 0. The zero-order chi connectivity index (χ0) is 17.1. The average molecular weight is 343 g/mol. The quantitative estimate of drug-likeness (QED) is 0.755. The summed E-state index contributed by atoms with van der Waals surface area (Å²) in [5, 5.41) is 2.88.